The standard InChI is InChI=1S/C22H23N5O2S/c1-15-3-5-17(6-4-15)21-19(30-16(2)25-21)13-20(28)26-9-11-27(12-10-26)22(29)18-14-23-7-8-24-18/h3-8,14H,9-13H2,1-2H3. The Morgan fingerprint density at radius 2 is 1.70 bits per heavy atom. The lowest BCUT2D eigenvalue weighted by atomic mass is 10.1. The average Bonchev–Trinajstić information content (AvgIpc) is 3.14. The Balaban J connectivity index is 1.40. The molecule has 0 unspecified atom stereocenters. The summed E-state index contributed by atoms with van der Waals surface area (Å²) in [4.78, 5) is 42.7. The van der Waals surface area contributed by atoms with Gasteiger partial charge in [0.15, 0.2) is 0 Å². The van der Waals surface area contributed by atoms with Gasteiger partial charge in [-0.05, 0) is 13.8 Å². The quantitative estimate of drug-likeness (QED) is 0.647. The maximum absolute atomic E-state index is 12.9. The summed E-state index contributed by atoms with van der Waals surface area (Å²) in [6.07, 6.45) is 4.85. The number of hydrogen-bond donors (Lipinski definition) is 0. The smallest absolute Gasteiger partial charge is 0.274 e. The Bertz CT molecular complexity index is 1040. The van der Waals surface area contributed by atoms with E-state index in [1.807, 2.05) is 11.8 Å². The normalized spacial score (nSPS) is 14.1. The highest BCUT2D eigenvalue weighted by Crippen LogP contribution is 2.29. The summed E-state index contributed by atoms with van der Waals surface area (Å²) in [5.74, 6) is -0.0754. The molecule has 4 rings (SSSR count). The van der Waals surface area contributed by atoms with E-state index in [1.54, 1.807) is 22.4 Å². The molecule has 0 saturated carbocycles. The fourth-order valence-electron chi connectivity index (χ4n) is 3.51. The number of amides is 2. The topological polar surface area (TPSA) is 79.3 Å². The molecule has 3 aromatic rings. The molecule has 2 amide bonds. The summed E-state index contributed by atoms with van der Waals surface area (Å²) in [5, 5.41) is 0.952. The van der Waals surface area contributed by atoms with Crippen molar-refractivity contribution in [1.82, 2.24) is 24.8 Å². The third kappa shape index (κ3) is 4.38. The summed E-state index contributed by atoms with van der Waals surface area (Å²) in [5.41, 5.74) is 3.45. The van der Waals surface area contributed by atoms with Crippen molar-refractivity contribution in [2.24, 2.45) is 0 Å². The molecule has 0 aliphatic carbocycles. The second-order valence-electron chi connectivity index (χ2n) is 7.31. The highest BCUT2D eigenvalue weighted by atomic mass is 32.1. The zero-order valence-electron chi connectivity index (χ0n) is 17.0. The first-order valence-electron chi connectivity index (χ1n) is 9.87. The average molecular weight is 422 g/mol. The first-order chi connectivity index (χ1) is 14.5. The van der Waals surface area contributed by atoms with Crippen LogP contribution in [0.4, 0.5) is 0 Å². The maximum Gasteiger partial charge on any atom is 0.274 e. The number of carbonyl (C=O) groups is 2. The predicted octanol–water partition coefficient (Wildman–Crippen LogP) is 2.74. The van der Waals surface area contributed by atoms with Crippen molar-refractivity contribution < 1.29 is 9.59 Å². The lowest BCUT2D eigenvalue weighted by molar-refractivity contribution is -0.131. The van der Waals surface area contributed by atoms with Gasteiger partial charge in [0.05, 0.1) is 23.3 Å². The molecule has 0 bridgehead atoms. The van der Waals surface area contributed by atoms with Crippen LogP contribution in [0.3, 0.4) is 0 Å². The Labute approximate surface area is 179 Å². The molecule has 0 radical (unpaired) electrons. The summed E-state index contributed by atoms with van der Waals surface area (Å²) in [6.45, 7) is 6.04. The van der Waals surface area contributed by atoms with Crippen LogP contribution in [0.2, 0.25) is 0 Å². The van der Waals surface area contributed by atoms with E-state index in [0.29, 0.717) is 38.3 Å². The molecule has 1 aromatic carbocycles. The zero-order valence-corrected chi connectivity index (χ0v) is 17.9. The molecule has 1 fully saturated rings. The third-order valence-electron chi connectivity index (χ3n) is 5.14. The number of piperazine rings is 1. The van der Waals surface area contributed by atoms with E-state index in [9.17, 15) is 9.59 Å². The molecule has 1 aliphatic rings. The minimum Gasteiger partial charge on any atom is -0.339 e. The van der Waals surface area contributed by atoms with Gasteiger partial charge in [-0.1, -0.05) is 29.8 Å². The fourth-order valence-corrected chi connectivity index (χ4v) is 4.45. The van der Waals surface area contributed by atoms with Crippen LogP contribution in [0.5, 0.6) is 0 Å². The van der Waals surface area contributed by atoms with Crippen molar-refractivity contribution in [1.29, 1.82) is 0 Å². The molecule has 0 spiro atoms. The lowest BCUT2D eigenvalue weighted by Crippen LogP contribution is -2.51. The first-order valence-corrected chi connectivity index (χ1v) is 10.7. The van der Waals surface area contributed by atoms with Crippen LogP contribution in [0.1, 0.15) is 25.9 Å². The van der Waals surface area contributed by atoms with Gasteiger partial charge in [0, 0.05) is 49.0 Å². The molecule has 3 heterocycles. The highest BCUT2D eigenvalue weighted by Gasteiger charge is 2.26. The maximum atomic E-state index is 12.9. The van der Waals surface area contributed by atoms with Crippen LogP contribution in [-0.2, 0) is 11.2 Å². The molecule has 2 aromatic heterocycles. The van der Waals surface area contributed by atoms with Gasteiger partial charge in [0.25, 0.3) is 5.91 Å². The van der Waals surface area contributed by atoms with E-state index in [2.05, 4.69) is 46.1 Å². The zero-order chi connectivity index (χ0) is 21.1. The van der Waals surface area contributed by atoms with Gasteiger partial charge in [-0.15, -0.1) is 11.3 Å². The van der Waals surface area contributed by atoms with E-state index in [-0.39, 0.29) is 11.8 Å². The van der Waals surface area contributed by atoms with Crippen LogP contribution in [0, 0.1) is 13.8 Å². The van der Waals surface area contributed by atoms with E-state index in [0.717, 1.165) is 21.1 Å². The molecule has 1 saturated heterocycles. The number of thiazole rings is 1. The monoisotopic (exact) mass is 421 g/mol. The van der Waals surface area contributed by atoms with Crippen LogP contribution in [0.15, 0.2) is 42.9 Å². The molecular formula is C22H23N5O2S. The second-order valence-corrected chi connectivity index (χ2v) is 8.60. The van der Waals surface area contributed by atoms with E-state index in [1.165, 1.54) is 18.0 Å². The third-order valence-corrected chi connectivity index (χ3v) is 6.11. The van der Waals surface area contributed by atoms with Gasteiger partial charge >= 0.3 is 0 Å². The number of nitrogens with zero attached hydrogens (tertiary/aromatic N) is 5. The molecule has 7 nitrogen and oxygen atoms in total. The fraction of sp³-hybridized carbons (Fsp3) is 0.318. The minimum absolute atomic E-state index is 0.0682. The van der Waals surface area contributed by atoms with Gasteiger partial charge in [-0.2, -0.15) is 0 Å². The van der Waals surface area contributed by atoms with Gasteiger partial charge < -0.3 is 9.80 Å². The summed E-state index contributed by atoms with van der Waals surface area (Å²) in [7, 11) is 0. The largest absolute Gasteiger partial charge is 0.339 e. The lowest BCUT2D eigenvalue weighted by Gasteiger charge is -2.34. The SMILES string of the molecule is Cc1ccc(-c2nc(C)sc2CC(=O)N2CCN(C(=O)c3cnccn3)CC2)cc1. The van der Waals surface area contributed by atoms with Crippen molar-refractivity contribution in [3.05, 3.63) is 64.0 Å². The molecular weight excluding hydrogens is 398 g/mol. The molecule has 154 valence electrons. The minimum atomic E-state index is -0.144. The van der Waals surface area contributed by atoms with E-state index < -0.39 is 0 Å². The highest BCUT2D eigenvalue weighted by molar-refractivity contribution is 7.12. The summed E-state index contributed by atoms with van der Waals surface area (Å²) in [6, 6.07) is 8.22. The van der Waals surface area contributed by atoms with Crippen LogP contribution < -0.4 is 0 Å². The summed E-state index contributed by atoms with van der Waals surface area (Å²) < 4.78 is 0. The predicted molar refractivity (Wildman–Crippen MR) is 115 cm³/mol. The second kappa shape index (κ2) is 8.71. The van der Waals surface area contributed by atoms with Crippen LogP contribution in [-0.4, -0.2) is 62.7 Å². The Kier molecular flexibility index (Phi) is 5.85. The number of hydrogen-bond acceptors (Lipinski definition) is 6. The van der Waals surface area contributed by atoms with Crippen molar-refractivity contribution in [3.8, 4) is 11.3 Å². The Hall–Kier alpha value is -3.13. The van der Waals surface area contributed by atoms with E-state index >= 15 is 0 Å². The molecule has 8 heteroatoms. The van der Waals surface area contributed by atoms with Crippen molar-refractivity contribution in [2.75, 3.05) is 26.2 Å². The van der Waals surface area contributed by atoms with Crippen LogP contribution in [0.25, 0.3) is 11.3 Å². The molecule has 0 atom stereocenters. The molecule has 1 aliphatic heterocycles. The van der Waals surface area contributed by atoms with Gasteiger partial charge in [0.2, 0.25) is 5.91 Å². The van der Waals surface area contributed by atoms with Gasteiger partial charge in [-0.25, -0.2) is 9.97 Å². The number of benzene rings is 1. The summed E-state index contributed by atoms with van der Waals surface area (Å²) >= 11 is 1.57. The molecule has 30 heavy (non-hydrogen) atoms. The first kappa shape index (κ1) is 20.2. The Morgan fingerprint density at radius 1 is 1.00 bits per heavy atom. The number of rotatable bonds is 4. The van der Waals surface area contributed by atoms with Crippen molar-refractivity contribution in [2.45, 2.75) is 20.3 Å². The van der Waals surface area contributed by atoms with Gasteiger partial charge in [-0.3, -0.25) is 14.6 Å². The van der Waals surface area contributed by atoms with Crippen molar-refractivity contribution in [3.63, 3.8) is 0 Å². The van der Waals surface area contributed by atoms with Crippen LogP contribution >= 0.6 is 11.3 Å². The van der Waals surface area contributed by atoms with E-state index in [4.69, 9.17) is 0 Å². The Morgan fingerprint density at radius 3 is 2.37 bits per heavy atom. The van der Waals surface area contributed by atoms with Crippen molar-refractivity contribution >= 4 is 23.2 Å². The van der Waals surface area contributed by atoms with Gasteiger partial charge in [0.1, 0.15) is 5.69 Å². The molecule has 0 N–H and O–H groups in total. The number of aryl methyl sites for hydroxylation is 2. The number of aromatic nitrogens is 3. The number of carbonyl (C=O) groups excluding carboxylic acids is 2.